The van der Waals surface area contributed by atoms with Gasteiger partial charge in [-0.3, -0.25) is 24.1 Å². The summed E-state index contributed by atoms with van der Waals surface area (Å²) in [5.41, 5.74) is 0. The highest BCUT2D eigenvalue weighted by molar-refractivity contribution is 7.91. The fourth-order valence-corrected chi connectivity index (χ4v) is 6.39. The van der Waals surface area contributed by atoms with Crippen molar-refractivity contribution in [3.8, 4) is 0 Å². The van der Waals surface area contributed by atoms with E-state index in [1.165, 1.54) is 4.90 Å². The maximum atomic E-state index is 12.7. The maximum Gasteiger partial charge on any atom is 0.326 e. The van der Waals surface area contributed by atoms with Gasteiger partial charge >= 0.3 is 5.97 Å². The van der Waals surface area contributed by atoms with Gasteiger partial charge in [-0.15, -0.1) is 0 Å². The van der Waals surface area contributed by atoms with Crippen molar-refractivity contribution in [3.63, 3.8) is 0 Å². The Morgan fingerprint density at radius 1 is 1.10 bits per heavy atom. The molecule has 2 saturated heterocycles. The van der Waals surface area contributed by atoms with Crippen molar-refractivity contribution in [2.45, 2.75) is 52.0 Å². The molecule has 0 aromatic rings. The highest BCUT2D eigenvalue weighted by Crippen LogP contribution is 2.37. The van der Waals surface area contributed by atoms with Gasteiger partial charge in [0.2, 0.25) is 11.8 Å². The average molecular weight is 443 g/mol. The standard InChI is InChI=1S/C20H30N2O7S/c1-13(2)9-21(14-7-8-30(27,28)12-14)17(23)11-29-18(24)10-22-19(25)15-5-3-4-6-16(15)20(22)26/h13-16H,3-12H2,1-2H3. The number of rotatable bonds is 7. The molecule has 3 atom stereocenters. The van der Waals surface area contributed by atoms with E-state index in [1.54, 1.807) is 0 Å². The highest BCUT2D eigenvalue weighted by Gasteiger charge is 2.48. The molecule has 2 aliphatic heterocycles. The smallest absolute Gasteiger partial charge is 0.326 e. The Bertz CT molecular complexity index is 799. The minimum Gasteiger partial charge on any atom is -0.454 e. The van der Waals surface area contributed by atoms with Gasteiger partial charge in [-0.25, -0.2) is 8.42 Å². The molecule has 1 aliphatic carbocycles. The number of nitrogens with zero attached hydrogens (tertiary/aromatic N) is 2. The number of imide groups is 1. The van der Waals surface area contributed by atoms with E-state index in [2.05, 4.69) is 0 Å². The van der Waals surface area contributed by atoms with Crippen LogP contribution in [0.15, 0.2) is 0 Å². The third-order valence-electron chi connectivity index (χ3n) is 6.11. The van der Waals surface area contributed by atoms with Crippen molar-refractivity contribution < 1.29 is 32.3 Å². The monoisotopic (exact) mass is 442 g/mol. The lowest BCUT2D eigenvalue weighted by atomic mass is 9.81. The van der Waals surface area contributed by atoms with E-state index in [1.807, 2.05) is 13.8 Å². The van der Waals surface area contributed by atoms with Gasteiger partial charge in [-0.2, -0.15) is 0 Å². The first-order valence-electron chi connectivity index (χ1n) is 10.6. The first kappa shape index (κ1) is 22.7. The molecule has 3 aliphatic rings. The lowest BCUT2D eigenvalue weighted by molar-refractivity contribution is -0.157. The normalized spacial score (nSPS) is 28.0. The van der Waals surface area contributed by atoms with Crippen LogP contribution >= 0.6 is 0 Å². The third-order valence-corrected chi connectivity index (χ3v) is 7.86. The molecule has 3 rings (SSSR count). The van der Waals surface area contributed by atoms with Crippen LogP contribution in [0, 0.1) is 17.8 Å². The van der Waals surface area contributed by atoms with Crippen LogP contribution in [0.4, 0.5) is 0 Å². The van der Waals surface area contributed by atoms with Crippen LogP contribution in [0.5, 0.6) is 0 Å². The summed E-state index contributed by atoms with van der Waals surface area (Å²) in [5, 5.41) is 0. The van der Waals surface area contributed by atoms with Crippen molar-refractivity contribution in [1.29, 1.82) is 0 Å². The van der Waals surface area contributed by atoms with E-state index < -0.39 is 40.9 Å². The number of sulfone groups is 1. The molecule has 3 unspecified atom stereocenters. The summed E-state index contributed by atoms with van der Waals surface area (Å²) in [6.45, 7) is 3.17. The van der Waals surface area contributed by atoms with Crippen molar-refractivity contribution in [2.24, 2.45) is 17.8 Å². The predicted molar refractivity (Wildman–Crippen MR) is 107 cm³/mol. The minimum atomic E-state index is -3.16. The number of esters is 1. The number of amides is 3. The van der Waals surface area contributed by atoms with Crippen LogP contribution < -0.4 is 0 Å². The lowest BCUT2D eigenvalue weighted by Crippen LogP contribution is -2.45. The Morgan fingerprint density at radius 2 is 1.70 bits per heavy atom. The van der Waals surface area contributed by atoms with Gasteiger partial charge in [0.25, 0.3) is 5.91 Å². The van der Waals surface area contributed by atoms with E-state index >= 15 is 0 Å². The van der Waals surface area contributed by atoms with Gasteiger partial charge in [0.1, 0.15) is 6.54 Å². The Kier molecular flexibility index (Phi) is 6.84. The van der Waals surface area contributed by atoms with Crippen LogP contribution in [0.2, 0.25) is 0 Å². The molecule has 168 valence electrons. The summed E-state index contributed by atoms with van der Waals surface area (Å²) in [6.07, 6.45) is 3.49. The molecule has 9 nitrogen and oxygen atoms in total. The number of carbonyl (C=O) groups excluding carboxylic acids is 4. The summed E-state index contributed by atoms with van der Waals surface area (Å²) >= 11 is 0. The van der Waals surface area contributed by atoms with Gasteiger partial charge in [0, 0.05) is 12.6 Å². The molecule has 0 N–H and O–H groups in total. The number of likely N-dealkylation sites (tertiary alicyclic amines) is 1. The Morgan fingerprint density at radius 3 is 2.20 bits per heavy atom. The topological polar surface area (TPSA) is 118 Å². The average Bonchev–Trinajstić information content (AvgIpc) is 3.16. The zero-order valence-electron chi connectivity index (χ0n) is 17.5. The fourth-order valence-electron chi connectivity index (χ4n) is 4.66. The van der Waals surface area contributed by atoms with E-state index in [4.69, 9.17) is 4.74 Å². The van der Waals surface area contributed by atoms with Gasteiger partial charge in [0.15, 0.2) is 16.4 Å². The van der Waals surface area contributed by atoms with Gasteiger partial charge < -0.3 is 9.64 Å². The molecule has 3 amide bonds. The molecule has 1 saturated carbocycles. The van der Waals surface area contributed by atoms with Gasteiger partial charge in [0.05, 0.1) is 23.3 Å². The summed E-state index contributed by atoms with van der Waals surface area (Å²) in [4.78, 5) is 52.2. The van der Waals surface area contributed by atoms with Crippen LogP contribution in [0.1, 0.15) is 46.0 Å². The fraction of sp³-hybridized carbons (Fsp3) is 0.800. The van der Waals surface area contributed by atoms with Crippen molar-refractivity contribution in [1.82, 2.24) is 9.80 Å². The lowest BCUT2D eigenvalue weighted by Gasteiger charge is -2.29. The minimum absolute atomic E-state index is 0.0425. The summed E-state index contributed by atoms with van der Waals surface area (Å²) in [7, 11) is -3.16. The number of carbonyl (C=O) groups is 4. The number of hydrogen-bond acceptors (Lipinski definition) is 7. The molecule has 30 heavy (non-hydrogen) atoms. The predicted octanol–water partition coefficient (Wildman–Crippen LogP) is 0.377. The molecule has 0 spiro atoms. The molecule has 2 heterocycles. The first-order valence-corrected chi connectivity index (χ1v) is 12.4. The number of hydrogen-bond donors (Lipinski definition) is 0. The molecular weight excluding hydrogens is 412 g/mol. The summed E-state index contributed by atoms with van der Waals surface area (Å²) < 4.78 is 28.6. The van der Waals surface area contributed by atoms with Crippen LogP contribution in [-0.4, -0.2) is 79.2 Å². The summed E-state index contributed by atoms with van der Waals surface area (Å²) in [5.74, 6) is -2.54. The van der Waals surface area contributed by atoms with E-state index in [-0.39, 0.29) is 41.1 Å². The Balaban J connectivity index is 1.55. The van der Waals surface area contributed by atoms with E-state index in [9.17, 15) is 27.6 Å². The third kappa shape index (κ3) is 5.01. The van der Waals surface area contributed by atoms with E-state index in [0.29, 0.717) is 25.8 Å². The second kappa shape index (κ2) is 9.03. The molecule has 0 bridgehead atoms. The van der Waals surface area contributed by atoms with E-state index in [0.717, 1.165) is 17.7 Å². The Labute approximate surface area is 177 Å². The zero-order chi connectivity index (χ0) is 22.1. The van der Waals surface area contributed by atoms with Crippen molar-refractivity contribution >= 4 is 33.5 Å². The van der Waals surface area contributed by atoms with Gasteiger partial charge in [-0.05, 0) is 25.2 Å². The van der Waals surface area contributed by atoms with Crippen LogP contribution in [-0.2, 0) is 33.8 Å². The largest absolute Gasteiger partial charge is 0.454 e. The molecule has 0 aromatic heterocycles. The maximum absolute atomic E-state index is 12.7. The first-order chi connectivity index (χ1) is 14.1. The molecule has 0 aromatic carbocycles. The van der Waals surface area contributed by atoms with Crippen LogP contribution in [0.25, 0.3) is 0 Å². The summed E-state index contributed by atoms with van der Waals surface area (Å²) in [6, 6.07) is -0.423. The number of ether oxygens (including phenoxy) is 1. The van der Waals surface area contributed by atoms with Crippen molar-refractivity contribution in [3.05, 3.63) is 0 Å². The molecule has 3 fully saturated rings. The second-order valence-corrected chi connectivity index (χ2v) is 11.1. The quantitative estimate of drug-likeness (QED) is 0.413. The Hall–Kier alpha value is -1.97. The zero-order valence-corrected chi connectivity index (χ0v) is 18.4. The molecule has 10 heteroatoms. The number of fused-ring (bicyclic) bond motifs is 1. The van der Waals surface area contributed by atoms with Crippen molar-refractivity contribution in [2.75, 3.05) is 31.2 Å². The molecular formula is C20H30N2O7S. The SMILES string of the molecule is CC(C)CN(C(=O)COC(=O)CN1C(=O)C2CCCCC2C1=O)C1CCS(=O)(=O)C1. The van der Waals surface area contributed by atoms with Gasteiger partial charge in [-0.1, -0.05) is 26.7 Å². The highest BCUT2D eigenvalue weighted by atomic mass is 32.2. The second-order valence-electron chi connectivity index (χ2n) is 8.92. The molecule has 0 radical (unpaired) electrons. The van der Waals surface area contributed by atoms with Crippen LogP contribution in [0.3, 0.4) is 0 Å².